The average Bonchev–Trinajstić information content (AvgIpc) is 2.55. The number of rotatable bonds is 2. The lowest BCUT2D eigenvalue weighted by Crippen LogP contribution is -1.95. The van der Waals surface area contributed by atoms with Gasteiger partial charge in [0.25, 0.3) is 0 Å². The number of carbonyl (C=O) groups excluding carboxylic acids is 1. The van der Waals surface area contributed by atoms with Crippen LogP contribution >= 0.6 is 0 Å². The number of aromatic nitrogens is 2. The van der Waals surface area contributed by atoms with Crippen LogP contribution < -0.4 is 0 Å². The molecule has 0 fully saturated rings. The van der Waals surface area contributed by atoms with Gasteiger partial charge in [0.1, 0.15) is 0 Å². The molecule has 1 N–H and O–H groups in total. The number of carbonyl (C=O) groups is 1. The van der Waals surface area contributed by atoms with Gasteiger partial charge in [-0.05, 0) is 19.1 Å². The molecule has 1 aromatic heterocycles. The third-order valence-electron chi connectivity index (χ3n) is 2.20. The van der Waals surface area contributed by atoms with E-state index in [2.05, 4.69) is 5.10 Å². The van der Waals surface area contributed by atoms with E-state index in [9.17, 15) is 9.90 Å². The summed E-state index contributed by atoms with van der Waals surface area (Å²) in [4.78, 5) is 10.7. The maximum atomic E-state index is 10.7. The van der Waals surface area contributed by atoms with E-state index >= 15 is 0 Å². The van der Waals surface area contributed by atoms with Gasteiger partial charge in [0.2, 0.25) is 5.88 Å². The van der Waals surface area contributed by atoms with Gasteiger partial charge in [0.15, 0.2) is 6.29 Å². The molecule has 15 heavy (non-hydrogen) atoms. The van der Waals surface area contributed by atoms with Crippen LogP contribution in [0.5, 0.6) is 5.88 Å². The maximum Gasteiger partial charge on any atom is 0.225 e. The lowest BCUT2D eigenvalue weighted by Gasteiger charge is -2.01. The molecule has 1 aromatic carbocycles. The Balaban J connectivity index is 2.60. The van der Waals surface area contributed by atoms with Gasteiger partial charge in [-0.1, -0.05) is 18.2 Å². The van der Waals surface area contributed by atoms with Crippen molar-refractivity contribution in [2.75, 3.05) is 0 Å². The Morgan fingerprint density at radius 2 is 2.00 bits per heavy atom. The minimum Gasteiger partial charge on any atom is -0.493 e. The summed E-state index contributed by atoms with van der Waals surface area (Å²) in [5.74, 6) is -0.117. The smallest absolute Gasteiger partial charge is 0.225 e. The summed E-state index contributed by atoms with van der Waals surface area (Å²) in [5.41, 5.74) is 1.48. The van der Waals surface area contributed by atoms with E-state index in [-0.39, 0.29) is 11.4 Å². The highest BCUT2D eigenvalue weighted by molar-refractivity contribution is 5.80. The molecule has 0 spiro atoms. The summed E-state index contributed by atoms with van der Waals surface area (Å²) in [6, 6.07) is 9.16. The Labute approximate surface area is 86.8 Å². The number of benzene rings is 1. The van der Waals surface area contributed by atoms with Gasteiger partial charge >= 0.3 is 0 Å². The summed E-state index contributed by atoms with van der Waals surface area (Å²) in [6.07, 6.45) is 0.608. The summed E-state index contributed by atoms with van der Waals surface area (Å²) < 4.78 is 1.35. The molecule has 0 aliphatic rings. The maximum absolute atomic E-state index is 10.7. The zero-order valence-electron chi connectivity index (χ0n) is 8.21. The van der Waals surface area contributed by atoms with Crippen LogP contribution in [-0.4, -0.2) is 21.2 Å². The minimum atomic E-state index is -0.117. The Bertz CT molecular complexity index is 489. The van der Waals surface area contributed by atoms with Crippen LogP contribution in [0.1, 0.15) is 16.1 Å². The predicted octanol–water partition coefficient (Wildman–Crippen LogP) is 1.70. The fourth-order valence-corrected chi connectivity index (χ4v) is 1.41. The standard InChI is InChI=1S/C11H10N2O2/c1-8-10(7-14)11(15)13(12-8)9-5-3-2-4-6-9/h2-7,15H,1H3. The molecular weight excluding hydrogens is 192 g/mol. The van der Waals surface area contributed by atoms with E-state index < -0.39 is 0 Å². The highest BCUT2D eigenvalue weighted by atomic mass is 16.3. The second kappa shape index (κ2) is 3.57. The minimum absolute atomic E-state index is 0.117. The first-order valence-electron chi connectivity index (χ1n) is 4.53. The summed E-state index contributed by atoms with van der Waals surface area (Å²) in [7, 11) is 0. The molecule has 0 atom stereocenters. The van der Waals surface area contributed by atoms with E-state index in [0.29, 0.717) is 12.0 Å². The second-order valence-electron chi connectivity index (χ2n) is 3.19. The van der Waals surface area contributed by atoms with Crippen molar-refractivity contribution in [1.82, 2.24) is 9.78 Å². The normalized spacial score (nSPS) is 10.2. The van der Waals surface area contributed by atoms with Crippen molar-refractivity contribution >= 4 is 6.29 Å². The third kappa shape index (κ3) is 1.50. The topological polar surface area (TPSA) is 55.1 Å². The molecule has 4 nitrogen and oxygen atoms in total. The first-order valence-corrected chi connectivity index (χ1v) is 4.53. The molecule has 0 bridgehead atoms. The molecule has 0 unspecified atom stereocenters. The summed E-state index contributed by atoms with van der Waals surface area (Å²) in [6.45, 7) is 1.68. The van der Waals surface area contributed by atoms with Crippen LogP contribution in [0.4, 0.5) is 0 Å². The number of aromatic hydroxyl groups is 1. The summed E-state index contributed by atoms with van der Waals surface area (Å²) in [5, 5.41) is 13.8. The van der Waals surface area contributed by atoms with Crippen molar-refractivity contribution in [3.05, 3.63) is 41.6 Å². The number of hydrogen-bond acceptors (Lipinski definition) is 3. The third-order valence-corrected chi connectivity index (χ3v) is 2.20. The van der Waals surface area contributed by atoms with Crippen LogP contribution in [0.15, 0.2) is 30.3 Å². The Morgan fingerprint density at radius 3 is 2.53 bits per heavy atom. The fourth-order valence-electron chi connectivity index (χ4n) is 1.41. The lowest BCUT2D eigenvalue weighted by molar-refractivity contribution is 0.112. The monoisotopic (exact) mass is 202 g/mol. The highest BCUT2D eigenvalue weighted by Gasteiger charge is 2.13. The van der Waals surface area contributed by atoms with E-state index in [1.807, 2.05) is 18.2 Å². The van der Waals surface area contributed by atoms with Crippen LogP contribution in [0.25, 0.3) is 5.69 Å². The molecule has 0 radical (unpaired) electrons. The zero-order valence-corrected chi connectivity index (χ0v) is 8.21. The fraction of sp³-hybridized carbons (Fsp3) is 0.0909. The van der Waals surface area contributed by atoms with Gasteiger partial charge < -0.3 is 5.11 Å². The van der Waals surface area contributed by atoms with E-state index in [4.69, 9.17) is 0 Å². The number of hydrogen-bond donors (Lipinski definition) is 1. The van der Waals surface area contributed by atoms with Gasteiger partial charge in [-0.25, -0.2) is 4.68 Å². The van der Waals surface area contributed by atoms with Gasteiger partial charge in [0, 0.05) is 0 Å². The quantitative estimate of drug-likeness (QED) is 0.754. The van der Waals surface area contributed by atoms with Crippen molar-refractivity contribution in [3.63, 3.8) is 0 Å². The number of aryl methyl sites for hydroxylation is 1. The van der Waals surface area contributed by atoms with Gasteiger partial charge in [-0.2, -0.15) is 5.10 Å². The molecule has 2 rings (SSSR count). The molecule has 0 aliphatic heterocycles. The van der Waals surface area contributed by atoms with Crippen molar-refractivity contribution in [1.29, 1.82) is 0 Å². The Morgan fingerprint density at radius 1 is 1.33 bits per heavy atom. The number of nitrogens with zero attached hydrogens (tertiary/aromatic N) is 2. The van der Waals surface area contributed by atoms with E-state index in [1.165, 1.54) is 4.68 Å². The molecule has 76 valence electrons. The lowest BCUT2D eigenvalue weighted by atomic mass is 10.3. The average molecular weight is 202 g/mol. The van der Waals surface area contributed by atoms with Crippen molar-refractivity contribution < 1.29 is 9.90 Å². The van der Waals surface area contributed by atoms with Crippen LogP contribution in [-0.2, 0) is 0 Å². The molecular formula is C11H10N2O2. The molecule has 0 aliphatic carbocycles. The zero-order chi connectivity index (χ0) is 10.8. The van der Waals surface area contributed by atoms with Gasteiger partial charge in [-0.15, -0.1) is 0 Å². The molecule has 0 saturated heterocycles. The molecule has 1 heterocycles. The molecule has 0 saturated carbocycles. The van der Waals surface area contributed by atoms with Crippen molar-refractivity contribution in [3.8, 4) is 11.6 Å². The van der Waals surface area contributed by atoms with Crippen LogP contribution in [0.2, 0.25) is 0 Å². The predicted molar refractivity (Wildman–Crippen MR) is 55.4 cm³/mol. The first-order chi connectivity index (χ1) is 7.24. The molecule has 0 amide bonds. The van der Waals surface area contributed by atoms with Crippen LogP contribution in [0, 0.1) is 6.92 Å². The SMILES string of the molecule is Cc1nn(-c2ccccc2)c(O)c1C=O. The van der Waals surface area contributed by atoms with E-state index in [0.717, 1.165) is 5.69 Å². The Hall–Kier alpha value is -2.10. The van der Waals surface area contributed by atoms with Gasteiger partial charge in [0.05, 0.1) is 16.9 Å². The molecule has 2 aromatic rings. The number of para-hydroxylation sites is 1. The van der Waals surface area contributed by atoms with Crippen LogP contribution in [0.3, 0.4) is 0 Å². The molecule has 4 heteroatoms. The van der Waals surface area contributed by atoms with Gasteiger partial charge in [-0.3, -0.25) is 4.79 Å². The number of aldehydes is 1. The first kappa shape index (κ1) is 9.45. The second-order valence-corrected chi connectivity index (χ2v) is 3.19. The Kier molecular flexibility index (Phi) is 2.25. The summed E-state index contributed by atoms with van der Waals surface area (Å²) >= 11 is 0. The van der Waals surface area contributed by atoms with Crippen molar-refractivity contribution in [2.24, 2.45) is 0 Å². The van der Waals surface area contributed by atoms with Crippen molar-refractivity contribution in [2.45, 2.75) is 6.92 Å². The highest BCUT2D eigenvalue weighted by Crippen LogP contribution is 2.22. The van der Waals surface area contributed by atoms with E-state index in [1.54, 1.807) is 19.1 Å². The largest absolute Gasteiger partial charge is 0.493 e.